The number of hydrogen-bond acceptors (Lipinski definition) is 7. The van der Waals surface area contributed by atoms with Crippen LogP contribution in [-0.2, 0) is 25.5 Å². The Bertz CT molecular complexity index is 766. The van der Waals surface area contributed by atoms with Crippen LogP contribution < -0.4 is 4.74 Å². The van der Waals surface area contributed by atoms with Crippen LogP contribution in [0, 0.1) is 5.92 Å². The summed E-state index contributed by atoms with van der Waals surface area (Å²) in [5.74, 6) is -3.19. The molecule has 0 radical (unpaired) electrons. The SMILES string of the molecule is COc1cc(O)c2c(c1)CCCC(=O)C(=O)C(=O)CC[C@@H](C)[C@H](C)OC2=O. The van der Waals surface area contributed by atoms with Crippen molar-refractivity contribution in [1.29, 1.82) is 0 Å². The molecule has 0 bridgehead atoms. The van der Waals surface area contributed by atoms with Gasteiger partial charge in [-0.2, -0.15) is 0 Å². The van der Waals surface area contributed by atoms with Gasteiger partial charge >= 0.3 is 5.97 Å². The smallest absolute Gasteiger partial charge is 0.342 e. The van der Waals surface area contributed by atoms with Crippen LogP contribution in [0.2, 0.25) is 0 Å². The van der Waals surface area contributed by atoms with E-state index in [9.17, 15) is 24.3 Å². The molecule has 146 valence electrons. The standard InChI is InChI=1S/C20H24O7/c1-11-7-8-16(22)19(24)15(21)6-4-5-13-9-14(26-3)10-17(23)18(13)20(25)27-12(11)2/h9-12,23H,4-8H2,1-3H3/t11-,12+/m1/s1. The van der Waals surface area contributed by atoms with E-state index in [1.54, 1.807) is 19.9 Å². The van der Waals surface area contributed by atoms with E-state index < -0.39 is 29.4 Å². The first-order valence-corrected chi connectivity index (χ1v) is 8.95. The highest BCUT2D eigenvalue weighted by molar-refractivity contribution is 6.63. The number of fused-ring (bicyclic) bond motifs is 1. The average Bonchev–Trinajstić information content (AvgIpc) is 2.63. The van der Waals surface area contributed by atoms with Gasteiger partial charge in [0.25, 0.3) is 5.78 Å². The van der Waals surface area contributed by atoms with Crippen LogP contribution >= 0.6 is 0 Å². The zero-order valence-corrected chi connectivity index (χ0v) is 15.7. The Hall–Kier alpha value is -2.70. The highest BCUT2D eigenvalue weighted by atomic mass is 16.5. The normalized spacial score (nSPS) is 22.6. The van der Waals surface area contributed by atoms with E-state index in [4.69, 9.17) is 9.47 Å². The van der Waals surface area contributed by atoms with Crippen molar-refractivity contribution in [3.05, 3.63) is 23.3 Å². The fourth-order valence-corrected chi connectivity index (χ4v) is 2.97. The van der Waals surface area contributed by atoms with E-state index >= 15 is 0 Å². The summed E-state index contributed by atoms with van der Waals surface area (Å²) in [5, 5.41) is 10.3. The molecular formula is C20H24O7. The summed E-state index contributed by atoms with van der Waals surface area (Å²) in [7, 11) is 1.43. The number of rotatable bonds is 1. The third kappa shape index (κ3) is 4.93. The fourth-order valence-electron chi connectivity index (χ4n) is 2.97. The zero-order chi connectivity index (χ0) is 20.1. The second-order valence-corrected chi connectivity index (χ2v) is 6.84. The van der Waals surface area contributed by atoms with E-state index in [1.165, 1.54) is 13.2 Å². The number of methoxy groups -OCH3 is 1. The number of aromatic hydroxyl groups is 1. The lowest BCUT2D eigenvalue weighted by atomic mass is 9.94. The first-order valence-electron chi connectivity index (χ1n) is 8.95. The molecule has 1 aliphatic rings. The number of phenols is 1. The predicted octanol–water partition coefficient (Wildman–Crippen LogP) is 2.41. The lowest BCUT2D eigenvalue weighted by molar-refractivity contribution is -0.144. The maximum atomic E-state index is 12.6. The van der Waals surface area contributed by atoms with Crippen molar-refractivity contribution >= 4 is 23.3 Å². The van der Waals surface area contributed by atoms with Crippen molar-refractivity contribution in [3.8, 4) is 11.5 Å². The number of hydrogen-bond donors (Lipinski definition) is 1. The van der Waals surface area contributed by atoms with Crippen LogP contribution in [0.25, 0.3) is 0 Å². The van der Waals surface area contributed by atoms with Crippen molar-refractivity contribution in [2.45, 2.75) is 52.1 Å². The van der Waals surface area contributed by atoms with E-state index in [1.807, 2.05) is 0 Å². The Kier molecular flexibility index (Phi) is 6.71. The Balaban J connectivity index is 2.39. The summed E-state index contributed by atoms with van der Waals surface area (Å²) >= 11 is 0. The quantitative estimate of drug-likeness (QED) is 0.592. The molecule has 7 heteroatoms. The molecule has 2 atom stereocenters. The second-order valence-electron chi connectivity index (χ2n) is 6.84. The second kappa shape index (κ2) is 8.79. The van der Waals surface area contributed by atoms with Gasteiger partial charge < -0.3 is 14.6 Å². The minimum atomic E-state index is -0.974. The first-order chi connectivity index (χ1) is 12.7. The van der Waals surface area contributed by atoms with Gasteiger partial charge in [0.2, 0.25) is 11.6 Å². The van der Waals surface area contributed by atoms with Crippen molar-refractivity contribution in [1.82, 2.24) is 0 Å². The molecule has 1 heterocycles. The number of cyclic esters (lactones) is 1. The molecule has 1 aromatic carbocycles. The van der Waals surface area contributed by atoms with Gasteiger partial charge in [-0.1, -0.05) is 6.92 Å². The number of esters is 1. The van der Waals surface area contributed by atoms with Gasteiger partial charge in [0, 0.05) is 18.9 Å². The molecule has 0 saturated heterocycles. The maximum Gasteiger partial charge on any atom is 0.342 e. The molecule has 1 N–H and O–H groups in total. The summed E-state index contributed by atoms with van der Waals surface area (Å²) in [6.45, 7) is 3.48. The molecule has 0 amide bonds. The van der Waals surface area contributed by atoms with E-state index in [0.29, 0.717) is 17.7 Å². The van der Waals surface area contributed by atoms with Gasteiger partial charge in [-0.25, -0.2) is 4.79 Å². The molecule has 0 saturated carbocycles. The molecule has 0 spiro atoms. The lowest BCUT2D eigenvalue weighted by Gasteiger charge is -2.22. The third-order valence-electron chi connectivity index (χ3n) is 4.89. The summed E-state index contributed by atoms with van der Waals surface area (Å²) in [6, 6.07) is 2.92. The Morgan fingerprint density at radius 2 is 1.70 bits per heavy atom. The maximum absolute atomic E-state index is 12.6. The summed E-state index contributed by atoms with van der Waals surface area (Å²) in [4.78, 5) is 48.4. The fraction of sp³-hybridized carbons (Fsp3) is 0.500. The largest absolute Gasteiger partial charge is 0.507 e. The average molecular weight is 376 g/mol. The van der Waals surface area contributed by atoms with Crippen LogP contribution in [0.1, 0.15) is 55.5 Å². The minimum Gasteiger partial charge on any atom is -0.507 e. The number of ketones is 3. The molecule has 7 nitrogen and oxygen atoms in total. The van der Waals surface area contributed by atoms with Crippen LogP contribution in [0.5, 0.6) is 11.5 Å². The minimum absolute atomic E-state index is 0.0294. The van der Waals surface area contributed by atoms with Gasteiger partial charge in [-0.15, -0.1) is 0 Å². The molecule has 27 heavy (non-hydrogen) atoms. The predicted molar refractivity (Wildman–Crippen MR) is 95.9 cm³/mol. The van der Waals surface area contributed by atoms with Gasteiger partial charge in [0.1, 0.15) is 23.2 Å². The van der Waals surface area contributed by atoms with Crippen molar-refractivity contribution in [2.75, 3.05) is 7.11 Å². The number of ether oxygens (including phenoxy) is 2. The third-order valence-corrected chi connectivity index (χ3v) is 4.89. The van der Waals surface area contributed by atoms with E-state index in [0.717, 1.165) is 0 Å². The molecule has 1 aromatic rings. The molecule has 0 unspecified atom stereocenters. The Morgan fingerprint density at radius 3 is 2.37 bits per heavy atom. The topological polar surface area (TPSA) is 107 Å². The van der Waals surface area contributed by atoms with Crippen LogP contribution in [0.4, 0.5) is 0 Å². The molecule has 0 fully saturated rings. The van der Waals surface area contributed by atoms with E-state index in [2.05, 4.69) is 0 Å². The van der Waals surface area contributed by atoms with Crippen LogP contribution in [-0.4, -0.2) is 41.6 Å². The van der Waals surface area contributed by atoms with Crippen molar-refractivity contribution in [3.63, 3.8) is 0 Å². The summed E-state index contributed by atoms with van der Waals surface area (Å²) in [5.41, 5.74) is 0.488. The lowest BCUT2D eigenvalue weighted by Crippen LogP contribution is -2.27. The Labute approximate surface area is 157 Å². The molecule has 2 rings (SSSR count). The monoisotopic (exact) mass is 376 g/mol. The number of Topliss-reactive ketones (excluding diaryl/α,β-unsaturated/α-hetero) is 3. The van der Waals surface area contributed by atoms with Crippen molar-refractivity contribution < 1.29 is 33.8 Å². The summed E-state index contributed by atoms with van der Waals surface area (Å²) < 4.78 is 10.6. The van der Waals surface area contributed by atoms with Gasteiger partial charge in [-0.05, 0) is 43.7 Å². The highest BCUT2D eigenvalue weighted by Gasteiger charge is 2.27. The zero-order valence-electron chi connectivity index (χ0n) is 15.7. The molecule has 1 aliphatic heterocycles. The van der Waals surface area contributed by atoms with Crippen LogP contribution in [0.15, 0.2) is 12.1 Å². The van der Waals surface area contributed by atoms with E-state index in [-0.39, 0.29) is 42.9 Å². The number of carbonyl (C=O) groups is 4. The molecule has 0 aromatic heterocycles. The van der Waals surface area contributed by atoms with Gasteiger partial charge in [0.15, 0.2) is 0 Å². The number of aryl methyl sites for hydroxylation is 1. The van der Waals surface area contributed by atoms with Gasteiger partial charge in [0.05, 0.1) is 7.11 Å². The number of phenolic OH excluding ortho intramolecular Hbond substituents is 1. The summed E-state index contributed by atoms with van der Waals surface area (Å²) in [6.07, 6.45) is 0.0975. The first kappa shape index (κ1) is 20.6. The molecular weight excluding hydrogens is 352 g/mol. The molecule has 0 aliphatic carbocycles. The number of carbonyl (C=O) groups excluding carboxylic acids is 4. The Morgan fingerprint density at radius 1 is 1.04 bits per heavy atom. The van der Waals surface area contributed by atoms with Crippen molar-refractivity contribution in [2.24, 2.45) is 5.92 Å². The van der Waals surface area contributed by atoms with Gasteiger partial charge in [-0.3, -0.25) is 14.4 Å². The number of benzene rings is 1. The van der Waals surface area contributed by atoms with Crippen LogP contribution in [0.3, 0.4) is 0 Å². The highest BCUT2D eigenvalue weighted by Crippen LogP contribution is 2.31.